The Morgan fingerprint density at radius 3 is 2.47 bits per heavy atom. The molecule has 0 unspecified atom stereocenters. The molecule has 0 spiro atoms. The van der Waals surface area contributed by atoms with Crippen LogP contribution in [-0.4, -0.2) is 41.1 Å². The van der Waals surface area contributed by atoms with E-state index in [0.717, 1.165) is 16.7 Å². The maximum Gasteiger partial charge on any atom is 0.261 e. The first-order chi connectivity index (χ1) is 16.6. The fraction of sp³-hybridized carbons (Fsp3) is 0.222. The lowest BCUT2D eigenvalue weighted by Crippen LogP contribution is -2.43. The van der Waals surface area contributed by atoms with Gasteiger partial charge in [-0.2, -0.15) is 0 Å². The first-order valence-electron chi connectivity index (χ1n) is 11.1. The van der Waals surface area contributed by atoms with Crippen molar-refractivity contribution >= 4 is 16.8 Å². The number of rotatable bonds is 5. The zero-order valence-corrected chi connectivity index (χ0v) is 19.1. The molecule has 4 aromatic rings. The van der Waals surface area contributed by atoms with Crippen molar-refractivity contribution in [1.29, 1.82) is 0 Å². The summed E-state index contributed by atoms with van der Waals surface area (Å²) in [6.45, 7) is 0.444. The van der Waals surface area contributed by atoms with Gasteiger partial charge < -0.3 is 14.4 Å². The van der Waals surface area contributed by atoms with E-state index < -0.39 is 0 Å². The highest BCUT2D eigenvalue weighted by atomic mass is 16.5. The number of nitrogens with zero attached hydrogens (tertiary/aromatic N) is 3. The average molecular weight is 456 g/mol. The second kappa shape index (κ2) is 9.02. The second-order valence-corrected chi connectivity index (χ2v) is 8.25. The van der Waals surface area contributed by atoms with Crippen molar-refractivity contribution in [3.63, 3.8) is 0 Å². The summed E-state index contributed by atoms with van der Waals surface area (Å²) in [5, 5.41) is 0.498. The van der Waals surface area contributed by atoms with Crippen LogP contribution in [0.5, 0.6) is 11.5 Å². The van der Waals surface area contributed by atoms with Crippen LogP contribution in [-0.2, 0) is 17.8 Å². The third kappa shape index (κ3) is 3.79. The molecule has 34 heavy (non-hydrogen) atoms. The Balaban J connectivity index is 1.55. The van der Waals surface area contributed by atoms with Crippen LogP contribution in [0.25, 0.3) is 10.9 Å². The van der Waals surface area contributed by atoms with E-state index in [1.807, 2.05) is 53.4 Å². The Morgan fingerprint density at radius 1 is 1.00 bits per heavy atom. The molecule has 1 aliphatic heterocycles. The smallest absolute Gasteiger partial charge is 0.261 e. The normalized spacial score (nSPS) is 15.1. The molecule has 2 heterocycles. The minimum absolute atomic E-state index is 0.0807. The van der Waals surface area contributed by atoms with E-state index in [1.165, 1.54) is 10.9 Å². The Morgan fingerprint density at radius 2 is 1.71 bits per heavy atom. The molecule has 0 N–H and O–H groups in total. The van der Waals surface area contributed by atoms with Crippen LogP contribution in [0, 0.1) is 0 Å². The first-order valence-corrected chi connectivity index (χ1v) is 11.1. The van der Waals surface area contributed by atoms with E-state index in [0.29, 0.717) is 35.4 Å². The van der Waals surface area contributed by atoms with Crippen molar-refractivity contribution < 1.29 is 14.3 Å². The Labute approximate surface area is 197 Å². The third-order valence-electron chi connectivity index (χ3n) is 6.35. The summed E-state index contributed by atoms with van der Waals surface area (Å²) in [5.41, 5.74) is 3.49. The molecule has 0 aliphatic carbocycles. The number of methoxy groups -OCH3 is 2. The predicted octanol–water partition coefficient (Wildman–Crippen LogP) is 3.59. The molecule has 1 aliphatic rings. The lowest BCUT2D eigenvalue weighted by Gasteiger charge is -2.38. The van der Waals surface area contributed by atoms with Crippen molar-refractivity contribution in [2.75, 3.05) is 20.8 Å². The van der Waals surface area contributed by atoms with Crippen LogP contribution in [0.4, 0.5) is 0 Å². The molecule has 0 saturated carbocycles. The van der Waals surface area contributed by atoms with Gasteiger partial charge in [-0.05, 0) is 47.4 Å². The average Bonchev–Trinajstić information content (AvgIpc) is 2.89. The van der Waals surface area contributed by atoms with Crippen LogP contribution in [0.15, 0.2) is 77.9 Å². The molecule has 3 aromatic carbocycles. The summed E-state index contributed by atoms with van der Waals surface area (Å²) in [6, 6.07) is 20.7. The Bertz CT molecular complexity index is 1410. The first kappa shape index (κ1) is 21.7. The van der Waals surface area contributed by atoms with E-state index in [9.17, 15) is 9.59 Å². The molecule has 0 bridgehead atoms. The topological polar surface area (TPSA) is 73.7 Å². The summed E-state index contributed by atoms with van der Waals surface area (Å²) in [4.78, 5) is 32.8. The van der Waals surface area contributed by atoms with Crippen molar-refractivity contribution in [3.8, 4) is 11.5 Å². The molecule has 1 aromatic heterocycles. The number of ether oxygens (including phenoxy) is 2. The summed E-state index contributed by atoms with van der Waals surface area (Å²) in [5.74, 6) is 1.14. The van der Waals surface area contributed by atoms with Crippen molar-refractivity contribution in [2.24, 2.45) is 0 Å². The van der Waals surface area contributed by atoms with Crippen molar-refractivity contribution in [1.82, 2.24) is 14.5 Å². The highest BCUT2D eigenvalue weighted by Crippen LogP contribution is 2.41. The van der Waals surface area contributed by atoms with E-state index in [4.69, 9.17) is 9.47 Å². The minimum Gasteiger partial charge on any atom is -0.493 e. The number of carbonyl (C=O) groups excluding carboxylic acids is 1. The fourth-order valence-corrected chi connectivity index (χ4v) is 4.66. The molecule has 1 atom stereocenters. The molecule has 1 amide bonds. The van der Waals surface area contributed by atoms with Crippen LogP contribution < -0.4 is 15.0 Å². The maximum atomic E-state index is 13.6. The summed E-state index contributed by atoms with van der Waals surface area (Å²) < 4.78 is 12.4. The lowest BCUT2D eigenvalue weighted by atomic mass is 9.87. The number of benzene rings is 3. The van der Waals surface area contributed by atoms with Gasteiger partial charge in [-0.25, -0.2) is 4.98 Å². The van der Waals surface area contributed by atoms with Crippen LogP contribution in [0.1, 0.15) is 22.7 Å². The van der Waals surface area contributed by atoms with Gasteiger partial charge >= 0.3 is 0 Å². The molecule has 0 saturated heterocycles. The van der Waals surface area contributed by atoms with Gasteiger partial charge in [0, 0.05) is 6.54 Å². The molecular formula is C27H25N3O4. The highest BCUT2D eigenvalue weighted by Gasteiger charge is 2.33. The molecule has 7 nitrogen and oxygen atoms in total. The zero-order chi connectivity index (χ0) is 23.7. The van der Waals surface area contributed by atoms with Gasteiger partial charge in [0.1, 0.15) is 6.54 Å². The number of fused-ring (bicyclic) bond motifs is 2. The summed E-state index contributed by atoms with van der Waals surface area (Å²) in [6.07, 6.45) is 2.13. The van der Waals surface area contributed by atoms with E-state index in [2.05, 4.69) is 4.98 Å². The van der Waals surface area contributed by atoms with Crippen molar-refractivity contribution in [2.45, 2.75) is 19.0 Å². The fourth-order valence-electron chi connectivity index (χ4n) is 4.66. The number of para-hydroxylation sites is 1. The quantitative estimate of drug-likeness (QED) is 0.460. The van der Waals surface area contributed by atoms with Gasteiger partial charge in [0.15, 0.2) is 11.5 Å². The number of aromatic nitrogens is 2. The minimum atomic E-state index is -0.304. The van der Waals surface area contributed by atoms with E-state index >= 15 is 0 Å². The van der Waals surface area contributed by atoms with Gasteiger partial charge in [0.25, 0.3) is 5.56 Å². The van der Waals surface area contributed by atoms with E-state index in [-0.39, 0.29) is 24.1 Å². The SMILES string of the molecule is COc1cc2c(cc1OC)[C@@H](c1ccccc1)N(C(=O)Cn1cnc3ccccc3c1=O)CC2. The summed E-state index contributed by atoms with van der Waals surface area (Å²) in [7, 11) is 3.22. The van der Waals surface area contributed by atoms with Crippen molar-refractivity contribution in [3.05, 3.63) is 100 Å². The van der Waals surface area contributed by atoms with Gasteiger partial charge in [-0.3, -0.25) is 14.2 Å². The number of hydrogen-bond acceptors (Lipinski definition) is 5. The number of hydrogen-bond donors (Lipinski definition) is 0. The van der Waals surface area contributed by atoms with Crippen LogP contribution >= 0.6 is 0 Å². The Hall–Kier alpha value is -4.13. The third-order valence-corrected chi connectivity index (χ3v) is 6.35. The Kier molecular flexibility index (Phi) is 5.76. The zero-order valence-electron chi connectivity index (χ0n) is 19.1. The van der Waals surface area contributed by atoms with Crippen LogP contribution in [0.2, 0.25) is 0 Å². The lowest BCUT2D eigenvalue weighted by molar-refractivity contribution is -0.134. The molecular weight excluding hydrogens is 430 g/mol. The molecule has 5 rings (SSSR count). The molecule has 0 fully saturated rings. The summed E-state index contributed by atoms with van der Waals surface area (Å²) >= 11 is 0. The molecule has 172 valence electrons. The second-order valence-electron chi connectivity index (χ2n) is 8.25. The van der Waals surface area contributed by atoms with E-state index in [1.54, 1.807) is 32.4 Å². The highest BCUT2D eigenvalue weighted by molar-refractivity contribution is 5.80. The number of amides is 1. The van der Waals surface area contributed by atoms with Gasteiger partial charge in [0.05, 0.1) is 37.5 Å². The molecule has 7 heteroatoms. The van der Waals surface area contributed by atoms with Gasteiger partial charge in [-0.15, -0.1) is 0 Å². The van der Waals surface area contributed by atoms with Gasteiger partial charge in [0.2, 0.25) is 5.91 Å². The monoisotopic (exact) mass is 455 g/mol. The van der Waals surface area contributed by atoms with Crippen LogP contribution in [0.3, 0.4) is 0 Å². The number of carbonyl (C=O) groups is 1. The standard InChI is InChI=1S/C27H25N3O4/c1-33-23-14-19-12-13-30(26(18-8-4-3-5-9-18)21(19)15-24(23)34-2)25(31)16-29-17-28-22-11-7-6-10-20(22)27(29)32/h3-11,14-15,17,26H,12-13,16H2,1-2H3/t26-/m1/s1. The predicted molar refractivity (Wildman–Crippen MR) is 129 cm³/mol. The largest absolute Gasteiger partial charge is 0.493 e. The van der Waals surface area contributed by atoms with Gasteiger partial charge in [-0.1, -0.05) is 42.5 Å². The maximum absolute atomic E-state index is 13.6. The molecule has 0 radical (unpaired) electrons.